The van der Waals surface area contributed by atoms with Gasteiger partial charge in [0.2, 0.25) is 11.8 Å². The van der Waals surface area contributed by atoms with Crippen molar-refractivity contribution in [2.45, 2.75) is 42.7 Å². The maximum atomic E-state index is 13.8. The minimum Gasteiger partial charge on any atom is -0.347 e. The molecule has 1 spiro atoms. The van der Waals surface area contributed by atoms with Crippen molar-refractivity contribution in [3.05, 3.63) is 71.8 Å². The first-order valence-electron chi connectivity index (χ1n) is 13.8. The fourth-order valence-corrected chi connectivity index (χ4v) is 7.36. The molecule has 2 aliphatic rings. The van der Waals surface area contributed by atoms with Crippen LogP contribution >= 0.6 is 10.6 Å². The predicted octanol–water partition coefficient (Wildman–Crippen LogP) is 3.63. The Labute approximate surface area is 261 Å². The summed E-state index contributed by atoms with van der Waals surface area (Å²) in [5.41, 5.74) is -0.736. The molecule has 246 valence electrons. The number of hydrogen-bond acceptors (Lipinski definition) is 7. The lowest BCUT2D eigenvalue weighted by Crippen LogP contribution is -2.51. The number of carbonyl (C=O) groups excluding carboxylic acids is 4. The number of likely N-dealkylation sites (N-methyl/N-ethyl adjacent to an activating group) is 1. The standard InChI is InChI=1S/C29H30F4N6O6S/c1-17(29(31,32)33)38(12-18-4-7-21(30)8-5-18)25(41)15-39-26(42)28(35-27(39)43)16-46(44,45)23-10-19(6-9-22(23)28)20-11-34-37(13-20)14-24(40)36(2)3/h4-11,13,17,44-45H,12,14-16H2,1-3H3,(H,35,43)/t17-,28?/m0/s1. The first-order chi connectivity index (χ1) is 21.4. The molecular weight excluding hydrogens is 636 g/mol. The number of hydrogen-bond donors (Lipinski definition) is 3. The van der Waals surface area contributed by atoms with Crippen LogP contribution in [0.3, 0.4) is 0 Å². The molecule has 3 heterocycles. The number of nitrogens with one attached hydrogen (secondary N) is 1. The number of fused-ring (bicyclic) bond motifs is 2. The Morgan fingerprint density at radius 2 is 1.74 bits per heavy atom. The third-order valence-corrected chi connectivity index (χ3v) is 9.85. The number of urea groups is 1. The summed E-state index contributed by atoms with van der Waals surface area (Å²) in [6.45, 7) is -0.931. The van der Waals surface area contributed by atoms with Crippen molar-refractivity contribution in [3.63, 3.8) is 0 Å². The van der Waals surface area contributed by atoms with Crippen molar-refractivity contribution < 1.29 is 45.8 Å². The highest BCUT2D eigenvalue weighted by molar-refractivity contribution is 8.24. The van der Waals surface area contributed by atoms with Gasteiger partial charge in [-0.15, -0.1) is 0 Å². The van der Waals surface area contributed by atoms with E-state index in [4.69, 9.17) is 0 Å². The number of carbonyl (C=O) groups is 4. The molecule has 46 heavy (non-hydrogen) atoms. The molecule has 2 atom stereocenters. The molecule has 3 N–H and O–H groups in total. The molecule has 0 saturated carbocycles. The first-order valence-corrected chi connectivity index (χ1v) is 15.5. The molecule has 3 aromatic rings. The number of rotatable bonds is 8. The second kappa shape index (κ2) is 11.7. The van der Waals surface area contributed by atoms with E-state index in [1.54, 1.807) is 26.4 Å². The minimum absolute atomic E-state index is 0.0333. The lowest BCUT2D eigenvalue weighted by molar-refractivity contribution is -0.187. The van der Waals surface area contributed by atoms with E-state index in [-0.39, 0.29) is 28.5 Å². The fourth-order valence-electron chi connectivity index (χ4n) is 5.34. The van der Waals surface area contributed by atoms with Gasteiger partial charge in [-0.3, -0.25) is 33.1 Å². The van der Waals surface area contributed by atoms with Crippen LogP contribution in [0.25, 0.3) is 11.1 Å². The molecule has 5 rings (SSSR count). The average molecular weight is 667 g/mol. The summed E-state index contributed by atoms with van der Waals surface area (Å²) in [7, 11) is -0.481. The van der Waals surface area contributed by atoms with Crippen molar-refractivity contribution >= 4 is 34.3 Å². The summed E-state index contributed by atoms with van der Waals surface area (Å²) in [4.78, 5) is 54.4. The van der Waals surface area contributed by atoms with Crippen LogP contribution in [-0.4, -0.2) is 95.9 Å². The van der Waals surface area contributed by atoms with Gasteiger partial charge in [0, 0.05) is 38.0 Å². The topological polar surface area (TPSA) is 148 Å². The quantitative estimate of drug-likeness (QED) is 0.246. The summed E-state index contributed by atoms with van der Waals surface area (Å²) in [6, 6.07) is 5.46. The number of amides is 5. The smallest absolute Gasteiger partial charge is 0.347 e. The molecule has 2 aliphatic heterocycles. The van der Waals surface area contributed by atoms with Gasteiger partial charge in [-0.05, 0) is 36.2 Å². The highest BCUT2D eigenvalue weighted by Gasteiger charge is 2.60. The molecule has 2 aromatic carbocycles. The van der Waals surface area contributed by atoms with Gasteiger partial charge in [0.25, 0.3) is 5.91 Å². The Kier molecular flexibility index (Phi) is 8.37. The van der Waals surface area contributed by atoms with Gasteiger partial charge in [-0.25, -0.2) is 9.18 Å². The number of imide groups is 1. The Bertz CT molecular complexity index is 1710. The van der Waals surface area contributed by atoms with Crippen LogP contribution in [0.15, 0.2) is 59.8 Å². The van der Waals surface area contributed by atoms with E-state index < -0.39 is 70.9 Å². The van der Waals surface area contributed by atoms with E-state index >= 15 is 0 Å². The Balaban J connectivity index is 1.41. The number of alkyl halides is 3. The van der Waals surface area contributed by atoms with Crippen molar-refractivity contribution in [2.24, 2.45) is 0 Å². The number of halogens is 4. The molecule has 0 bridgehead atoms. The maximum Gasteiger partial charge on any atom is 0.408 e. The highest BCUT2D eigenvalue weighted by atomic mass is 32.3. The zero-order valence-electron chi connectivity index (χ0n) is 24.8. The van der Waals surface area contributed by atoms with E-state index in [1.807, 2.05) is 0 Å². The van der Waals surface area contributed by atoms with E-state index in [2.05, 4.69) is 10.4 Å². The summed E-state index contributed by atoms with van der Waals surface area (Å²) >= 11 is 0. The van der Waals surface area contributed by atoms with Crippen LogP contribution in [-0.2, 0) is 33.0 Å². The van der Waals surface area contributed by atoms with Crippen LogP contribution < -0.4 is 5.32 Å². The van der Waals surface area contributed by atoms with Crippen LogP contribution in [0.5, 0.6) is 0 Å². The Morgan fingerprint density at radius 1 is 1.07 bits per heavy atom. The lowest BCUT2D eigenvalue weighted by atomic mass is 9.91. The normalized spacial score (nSPS) is 20.0. The monoisotopic (exact) mass is 666 g/mol. The molecule has 1 fully saturated rings. The van der Waals surface area contributed by atoms with Crippen LogP contribution in [0.2, 0.25) is 0 Å². The van der Waals surface area contributed by atoms with E-state index in [0.717, 1.165) is 19.1 Å². The van der Waals surface area contributed by atoms with E-state index in [9.17, 15) is 45.8 Å². The highest BCUT2D eigenvalue weighted by Crippen LogP contribution is 2.62. The lowest BCUT2D eigenvalue weighted by Gasteiger charge is -2.32. The zero-order valence-corrected chi connectivity index (χ0v) is 25.6. The molecular formula is C29H30F4N6O6S. The second-order valence-corrected chi connectivity index (χ2v) is 13.4. The van der Waals surface area contributed by atoms with Crippen LogP contribution in [0, 0.1) is 5.82 Å². The number of benzene rings is 2. The van der Waals surface area contributed by atoms with Crippen molar-refractivity contribution in [2.75, 3.05) is 26.4 Å². The molecule has 17 heteroatoms. The predicted molar refractivity (Wildman–Crippen MR) is 157 cm³/mol. The van der Waals surface area contributed by atoms with Crippen LogP contribution in [0.4, 0.5) is 22.4 Å². The Hall–Kier alpha value is -4.48. The summed E-state index contributed by atoms with van der Waals surface area (Å²) in [5, 5.41) is 6.60. The van der Waals surface area contributed by atoms with Crippen molar-refractivity contribution in [1.82, 2.24) is 29.8 Å². The van der Waals surface area contributed by atoms with Gasteiger partial charge in [0.05, 0.1) is 16.8 Å². The van der Waals surface area contributed by atoms with Gasteiger partial charge < -0.3 is 15.1 Å². The Morgan fingerprint density at radius 3 is 2.37 bits per heavy atom. The molecule has 1 saturated heterocycles. The van der Waals surface area contributed by atoms with E-state index in [1.165, 1.54) is 40.0 Å². The molecule has 12 nitrogen and oxygen atoms in total. The third-order valence-electron chi connectivity index (χ3n) is 7.97. The summed E-state index contributed by atoms with van der Waals surface area (Å²) in [5.74, 6) is -3.72. The van der Waals surface area contributed by atoms with Gasteiger partial charge in [0.1, 0.15) is 24.9 Å². The molecule has 1 aromatic heterocycles. The van der Waals surface area contributed by atoms with Crippen molar-refractivity contribution in [3.8, 4) is 11.1 Å². The largest absolute Gasteiger partial charge is 0.408 e. The number of aromatic nitrogens is 2. The van der Waals surface area contributed by atoms with Gasteiger partial charge in [-0.2, -0.15) is 28.9 Å². The average Bonchev–Trinajstić information content (AvgIpc) is 3.60. The zero-order chi connectivity index (χ0) is 33.8. The summed E-state index contributed by atoms with van der Waals surface area (Å²) in [6.07, 6.45) is -1.81. The van der Waals surface area contributed by atoms with Gasteiger partial charge in [0.15, 0.2) is 5.54 Å². The minimum atomic E-state index is -4.86. The van der Waals surface area contributed by atoms with Crippen LogP contribution in [0.1, 0.15) is 18.1 Å². The SMILES string of the molecule is C[C@H](N(Cc1ccc(F)cc1)C(=O)CN1C(=O)NC2(CS(O)(O)c3cc(-c4cnn(CC(=O)N(C)C)c4)ccc32)C1=O)C(F)(F)F. The maximum absolute atomic E-state index is 13.8. The summed E-state index contributed by atoms with van der Waals surface area (Å²) < 4.78 is 78.1. The first kappa shape index (κ1) is 32.9. The second-order valence-electron chi connectivity index (χ2n) is 11.3. The molecule has 1 unspecified atom stereocenters. The molecule has 5 amide bonds. The number of nitrogens with zero attached hydrogens (tertiary/aromatic N) is 5. The molecule has 0 aliphatic carbocycles. The van der Waals surface area contributed by atoms with E-state index in [0.29, 0.717) is 20.9 Å². The van der Waals surface area contributed by atoms with Gasteiger partial charge >= 0.3 is 12.2 Å². The molecule has 0 radical (unpaired) electrons. The van der Waals surface area contributed by atoms with Crippen molar-refractivity contribution in [1.29, 1.82) is 0 Å². The fraction of sp³-hybridized carbons (Fsp3) is 0.345. The van der Waals surface area contributed by atoms with Gasteiger partial charge in [-0.1, -0.05) is 24.3 Å². The third kappa shape index (κ3) is 6.04.